The minimum Gasteiger partial charge on any atom is -0.497 e. The molecular formula is C14H21NO3. The number of rotatable bonds is 7. The van der Waals surface area contributed by atoms with E-state index in [0.29, 0.717) is 6.42 Å². The van der Waals surface area contributed by atoms with Gasteiger partial charge in [-0.3, -0.25) is 4.79 Å². The Balaban J connectivity index is 2.78. The summed E-state index contributed by atoms with van der Waals surface area (Å²) < 4.78 is 5.11. The molecule has 0 fully saturated rings. The number of carbonyl (C=O) groups is 1. The highest BCUT2D eigenvalue weighted by atomic mass is 16.5. The van der Waals surface area contributed by atoms with E-state index in [1.807, 2.05) is 24.3 Å². The van der Waals surface area contributed by atoms with Crippen LogP contribution in [0.2, 0.25) is 0 Å². The number of hydrogen-bond acceptors (Lipinski definition) is 3. The van der Waals surface area contributed by atoms with Gasteiger partial charge in [0, 0.05) is 6.54 Å². The van der Waals surface area contributed by atoms with E-state index in [0.717, 1.165) is 17.7 Å². The molecular weight excluding hydrogens is 230 g/mol. The Labute approximate surface area is 108 Å². The minimum atomic E-state index is -0.815. The predicted molar refractivity (Wildman–Crippen MR) is 70.8 cm³/mol. The zero-order valence-corrected chi connectivity index (χ0v) is 10.9. The third-order valence-electron chi connectivity index (χ3n) is 3.28. The number of carboxylic acids is 1. The lowest BCUT2D eigenvalue weighted by molar-refractivity contribution is -0.141. The smallest absolute Gasteiger partial charge is 0.307 e. The topological polar surface area (TPSA) is 72.6 Å². The molecule has 0 aliphatic rings. The van der Waals surface area contributed by atoms with E-state index >= 15 is 0 Å². The van der Waals surface area contributed by atoms with Crippen LogP contribution in [-0.4, -0.2) is 24.7 Å². The van der Waals surface area contributed by atoms with Gasteiger partial charge < -0.3 is 15.6 Å². The Bertz CT molecular complexity index is 375. The van der Waals surface area contributed by atoms with Gasteiger partial charge in [-0.2, -0.15) is 0 Å². The van der Waals surface area contributed by atoms with E-state index in [2.05, 4.69) is 6.92 Å². The summed E-state index contributed by atoms with van der Waals surface area (Å²) in [5.41, 5.74) is 6.64. The van der Waals surface area contributed by atoms with Gasteiger partial charge in [0.2, 0.25) is 0 Å². The number of nitrogens with two attached hydrogens (primary N) is 1. The number of methoxy groups -OCH3 is 1. The number of ether oxygens (including phenoxy) is 1. The van der Waals surface area contributed by atoms with Gasteiger partial charge >= 0.3 is 5.97 Å². The second-order valence-electron chi connectivity index (χ2n) is 4.38. The van der Waals surface area contributed by atoms with Crippen LogP contribution in [0.4, 0.5) is 0 Å². The van der Waals surface area contributed by atoms with Gasteiger partial charge in [0.25, 0.3) is 0 Å². The van der Waals surface area contributed by atoms with Crippen molar-refractivity contribution in [3.05, 3.63) is 29.8 Å². The van der Waals surface area contributed by atoms with E-state index in [1.54, 1.807) is 7.11 Å². The quantitative estimate of drug-likeness (QED) is 0.779. The van der Waals surface area contributed by atoms with E-state index in [4.69, 9.17) is 15.6 Å². The van der Waals surface area contributed by atoms with E-state index < -0.39 is 11.9 Å². The number of carboxylic acid groups (broad SMARTS) is 1. The molecule has 2 unspecified atom stereocenters. The molecule has 0 aromatic heterocycles. The summed E-state index contributed by atoms with van der Waals surface area (Å²) in [6.07, 6.45) is 1.48. The van der Waals surface area contributed by atoms with Gasteiger partial charge in [-0.25, -0.2) is 0 Å². The van der Waals surface area contributed by atoms with Gasteiger partial charge in [-0.15, -0.1) is 0 Å². The van der Waals surface area contributed by atoms with Crippen molar-refractivity contribution in [1.29, 1.82) is 0 Å². The monoisotopic (exact) mass is 251 g/mol. The lowest BCUT2D eigenvalue weighted by atomic mass is 9.87. The maximum absolute atomic E-state index is 11.0. The number of hydrogen-bond donors (Lipinski definition) is 2. The van der Waals surface area contributed by atoms with Crippen molar-refractivity contribution >= 4 is 5.97 Å². The molecule has 4 nitrogen and oxygen atoms in total. The van der Waals surface area contributed by atoms with Crippen LogP contribution in [0.1, 0.15) is 31.2 Å². The molecule has 1 rings (SSSR count). The van der Waals surface area contributed by atoms with Crippen molar-refractivity contribution in [1.82, 2.24) is 0 Å². The Hall–Kier alpha value is -1.55. The lowest BCUT2D eigenvalue weighted by Gasteiger charge is -2.19. The van der Waals surface area contributed by atoms with Gasteiger partial charge in [0.15, 0.2) is 0 Å². The fourth-order valence-corrected chi connectivity index (χ4v) is 2.06. The first-order valence-electron chi connectivity index (χ1n) is 6.19. The van der Waals surface area contributed by atoms with Crippen molar-refractivity contribution in [3.63, 3.8) is 0 Å². The number of aliphatic carboxylic acids is 1. The maximum atomic E-state index is 11.0. The van der Waals surface area contributed by atoms with E-state index in [9.17, 15) is 4.79 Å². The Morgan fingerprint density at radius 3 is 2.39 bits per heavy atom. The first-order chi connectivity index (χ1) is 8.62. The average molecular weight is 251 g/mol. The van der Waals surface area contributed by atoms with Gasteiger partial charge in [0.1, 0.15) is 5.75 Å². The molecule has 0 radical (unpaired) electrons. The van der Waals surface area contributed by atoms with E-state index in [1.165, 1.54) is 0 Å². The largest absolute Gasteiger partial charge is 0.497 e. The molecule has 0 saturated heterocycles. The first kappa shape index (κ1) is 14.5. The van der Waals surface area contributed by atoms with Crippen LogP contribution in [0.15, 0.2) is 24.3 Å². The van der Waals surface area contributed by atoms with Crippen LogP contribution < -0.4 is 10.5 Å². The molecule has 1 aromatic rings. The van der Waals surface area contributed by atoms with Crippen LogP contribution in [0.25, 0.3) is 0 Å². The molecule has 2 atom stereocenters. The predicted octanol–water partition coefficient (Wildman–Crippen LogP) is 2.24. The zero-order chi connectivity index (χ0) is 13.5. The summed E-state index contributed by atoms with van der Waals surface area (Å²) in [6, 6.07) is 7.78. The van der Waals surface area contributed by atoms with Gasteiger partial charge in [-0.05, 0) is 36.5 Å². The average Bonchev–Trinajstić information content (AvgIpc) is 2.40. The lowest BCUT2D eigenvalue weighted by Crippen LogP contribution is -2.25. The van der Waals surface area contributed by atoms with Crippen molar-refractivity contribution in [2.24, 2.45) is 11.7 Å². The molecule has 4 heteroatoms. The second kappa shape index (κ2) is 7.01. The van der Waals surface area contributed by atoms with Gasteiger partial charge in [0.05, 0.1) is 13.0 Å². The highest BCUT2D eigenvalue weighted by Crippen LogP contribution is 2.28. The fourth-order valence-electron chi connectivity index (χ4n) is 2.06. The Morgan fingerprint density at radius 2 is 2.00 bits per heavy atom. The molecule has 0 bridgehead atoms. The maximum Gasteiger partial charge on any atom is 0.307 e. The fraction of sp³-hybridized carbons (Fsp3) is 0.500. The summed E-state index contributed by atoms with van der Waals surface area (Å²) in [4.78, 5) is 11.0. The minimum absolute atomic E-state index is 0.183. The normalized spacial score (nSPS) is 13.9. The molecule has 0 aliphatic heterocycles. The second-order valence-corrected chi connectivity index (χ2v) is 4.38. The molecule has 0 aliphatic carbocycles. The van der Waals surface area contributed by atoms with Crippen molar-refractivity contribution in [2.75, 3.05) is 13.7 Å². The summed E-state index contributed by atoms with van der Waals surface area (Å²) in [5, 5.41) is 9.05. The van der Waals surface area contributed by atoms with Crippen molar-refractivity contribution in [2.45, 2.75) is 25.7 Å². The summed E-state index contributed by atoms with van der Waals surface area (Å²) in [5.74, 6) is -0.260. The highest BCUT2D eigenvalue weighted by molar-refractivity contribution is 5.70. The van der Waals surface area contributed by atoms with E-state index in [-0.39, 0.29) is 12.5 Å². The summed E-state index contributed by atoms with van der Waals surface area (Å²) in [7, 11) is 1.63. The third-order valence-corrected chi connectivity index (χ3v) is 3.28. The van der Waals surface area contributed by atoms with Crippen LogP contribution in [0.5, 0.6) is 5.75 Å². The number of benzene rings is 1. The molecule has 0 saturated carbocycles. The standard InChI is InChI=1S/C14H21NO3/c1-3-10(8-12(9-15)14(16)17)11-4-6-13(18-2)7-5-11/h4-7,10,12H,3,8-9,15H2,1-2H3,(H,16,17). The Morgan fingerprint density at radius 1 is 1.39 bits per heavy atom. The Kier molecular flexibility index (Phi) is 5.65. The molecule has 0 heterocycles. The summed E-state index contributed by atoms with van der Waals surface area (Å²) in [6.45, 7) is 2.24. The van der Waals surface area contributed by atoms with Crippen LogP contribution in [-0.2, 0) is 4.79 Å². The molecule has 3 N–H and O–H groups in total. The van der Waals surface area contributed by atoms with Crippen LogP contribution >= 0.6 is 0 Å². The first-order valence-corrected chi connectivity index (χ1v) is 6.19. The van der Waals surface area contributed by atoms with Crippen LogP contribution in [0.3, 0.4) is 0 Å². The molecule has 18 heavy (non-hydrogen) atoms. The summed E-state index contributed by atoms with van der Waals surface area (Å²) >= 11 is 0. The van der Waals surface area contributed by atoms with Gasteiger partial charge in [-0.1, -0.05) is 19.1 Å². The van der Waals surface area contributed by atoms with Crippen LogP contribution in [0, 0.1) is 5.92 Å². The third kappa shape index (κ3) is 3.74. The highest BCUT2D eigenvalue weighted by Gasteiger charge is 2.21. The van der Waals surface area contributed by atoms with Crippen molar-refractivity contribution < 1.29 is 14.6 Å². The SMILES string of the molecule is CCC(CC(CN)C(=O)O)c1ccc(OC)cc1. The molecule has 100 valence electrons. The van der Waals surface area contributed by atoms with Crippen molar-refractivity contribution in [3.8, 4) is 5.75 Å². The zero-order valence-electron chi connectivity index (χ0n) is 10.9. The molecule has 0 amide bonds. The molecule has 1 aromatic carbocycles. The molecule has 0 spiro atoms.